The number of benzene rings is 1. The lowest BCUT2D eigenvalue weighted by atomic mass is 10.3. The van der Waals surface area contributed by atoms with E-state index in [1.165, 1.54) is 12.1 Å². The normalized spacial score (nSPS) is 10.9. The van der Waals surface area contributed by atoms with Crippen LogP contribution in [0.3, 0.4) is 0 Å². The fraction of sp³-hybridized carbons (Fsp3) is 0.538. The summed E-state index contributed by atoms with van der Waals surface area (Å²) in [6.07, 6.45) is 0.251. The van der Waals surface area contributed by atoms with Crippen molar-refractivity contribution in [3.05, 3.63) is 29.8 Å². The summed E-state index contributed by atoms with van der Waals surface area (Å²) in [7, 11) is 0. The highest BCUT2D eigenvalue weighted by Crippen LogP contribution is 2.16. The molecule has 0 amide bonds. The predicted octanol–water partition coefficient (Wildman–Crippen LogP) is 3.17. The van der Waals surface area contributed by atoms with Crippen LogP contribution in [0.5, 0.6) is 0 Å². The van der Waals surface area contributed by atoms with Crippen molar-refractivity contribution >= 4 is 5.69 Å². The average molecular weight is 259 g/mol. The molecule has 0 fully saturated rings. The van der Waals surface area contributed by atoms with Crippen molar-refractivity contribution in [1.29, 1.82) is 0 Å². The summed E-state index contributed by atoms with van der Waals surface area (Å²) in [6, 6.07) is 4.04. The first-order valence-corrected chi connectivity index (χ1v) is 6.10. The summed E-state index contributed by atoms with van der Waals surface area (Å²) in [5.41, 5.74) is 0.154. The molecule has 0 aliphatic rings. The predicted molar refractivity (Wildman–Crippen MR) is 66.5 cm³/mol. The number of rotatable bonds is 8. The van der Waals surface area contributed by atoms with Gasteiger partial charge in [0, 0.05) is 26.2 Å². The quantitative estimate of drug-likeness (QED) is 0.727. The Kier molecular flexibility index (Phi) is 6.60. The van der Waals surface area contributed by atoms with E-state index in [9.17, 15) is 8.78 Å². The fourth-order valence-corrected chi connectivity index (χ4v) is 1.55. The van der Waals surface area contributed by atoms with Crippen molar-refractivity contribution in [3.8, 4) is 0 Å². The first-order valence-electron chi connectivity index (χ1n) is 6.10. The topological polar surface area (TPSA) is 30.5 Å². The second-order valence-corrected chi connectivity index (χ2v) is 3.66. The summed E-state index contributed by atoms with van der Waals surface area (Å²) >= 11 is 0. The molecule has 0 spiro atoms. The van der Waals surface area contributed by atoms with Crippen molar-refractivity contribution < 1.29 is 18.3 Å². The molecule has 0 aliphatic heterocycles. The van der Waals surface area contributed by atoms with Crippen LogP contribution in [-0.2, 0) is 9.47 Å². The molecular weight excluding hydrogens is 240 g/mol. The van der Waals surface area contributed by atoms with E-state index in [-0.39, 0.29) is 12.0 Å². The maximum absolute atomic E-state index is 13.3. The van der Waals surface area contributed by atoms with Gasteiger partial charge >= 0.3 is 0 Å². The van der Waals surface area contributed by atoms with Crippen LogP contribution in [0.4, 0.5) is 14.5 Å². The van der Waals surface area contributed by atoms with Gasteiger partial charge in [0.05, 0.1) is 5.69 Å². The van der Waals surface area contributed by atoms with Gasteiger partial charge in [0.1, 0.15) is 0 Å². The molecule has 1 N–H and O–H groups in total. The molecule has 102 valence electrons. The molecule has 0 heterocycles. The van der Waals surface area contributed by atoms with E-state index >= 15 is 0 Å². The smallest absolute Gasteiger partial charge is 0.181 e. The molecule has 1 aromatic rings. The van der Waals surface area contributed by atoms with Crippen LogP contribution in [0.25, 0.3) is 0 Å². The molecule has 0 atom stereocenters. The third kappa shape index (κ3) is 4.58. The molecule has 3 nitrogen and oxygen atoms in total. The van der Waals surface area contributed by atoms with E-state index in [0.29, 0.717) is 26.2 Å². The summed E-state index contributed by atoms with van der Waals surface area (Å²) in [6.45, 7) is 5.32. The van der Waals surface area contributed by atoms with Crippen LogP contribution >= 0.6 is 0 Å². The van der Waals surface area contributed by atoms with Crippen molar-refractivity contribution in [2.24, 2.45) is 0 Å². The molecule has 0 radical (unpaired) electrons. The van der Waals surface area contributed by atoms with Crippen molar-refractivity contribution in [1.82, 2.24) is 0 Å². The second-order valence-electron chi connectivity index (χ2n) is 3.66. The minimum Gasteiger partial charge on any atom is -0.382 e. The zero-order valence-electron chi connectivity index (χ0n) is 10.7. The third-order valence-electron chi connectivity index (χ3n) is 2.35. The number of nitrogens with one attached hydrogen (secondary N) is 1. The Hall–Kier alpha value is -1.20. The van der Waals surface area contributed by atoms with Gasteiger partial charge in [-0.2, -0.15) is 0 Å². The number of ether oxygens (including phenoxy) is 2. The Morgan fingerprint density at radius 1 is 1.17 bits per heavy atom. The minimum atomic E-state index is -0.859. The van der Waals surface area contributed by atoms with Crippen LogP contribution in [-0.4, -0.2) is 26.0 Å². The summed E-state index contributed by atoms with van der Waals surface area (Å²) < 4.78 is 37.0. The maximum Gasteiger partial charge on any atom is 0.181 e. The molecule has 0 saturated carbocycles. The van der Waals surface area contributed by atoms with E-state index in [4.69, 9.17) is 9.47 Å². The van der Waals surface area contributed by atoms with Crippen LogP contribution in [0.1, 0.15) is 20.3 Å². The van der Waals surface area contributed by atoms with Crippen molar-refractivity contribution in [2.45, 2.75) is 26.6 Å². The Balaban J connectivity index is 2.42. The van der Waals surface area contributed by atoms with Crippen LogP contribution < -0.4 is 5.32 Å². The molecule has 18 heavy (non-hydrogen) atoms. The Morgan fingerprint density at radius 2 is 1.83 bits per heavy atom. The second kappa shape index (κ2) is 8.00. The molecule has 0 aromatic heterocycles. The van der Waals surface area contributed by atoms with Crippen molar-refractivity contribution in [2.75, 3.05) is 25.1 Å². The van der Waals surface area contributed by atoms with Gasteiger partial charge < -0.3 is 14.8 Å². The highest BCUT2D eigenvalue weighted by atomic mass is 19.2. The first kappa shape index (κ1) is 14.9. The van der Waals surface area contributed by atoms with Gasteiger partial charge in [-0.15, -0.1) is 0 Å². The number of halogens is 2. The van der Waals surface area contributed by atoms with Gasteiger partial charge in [-0.25, -0.2) is 8.78 Å². The van der Waals surface area contributed by atoms with E-state index in [0.717, 1.165) is 6.07 Å². The number of anilines is 1. The zero-order chi connectivity index (χ0) is 13.4. The highest BCUT2D eigenvalue weighted by Gasteiger charge is 2.10. The Labute approximate surface area is 106 Å². The number of hydrogen-bond donors (Lipinski definition) is 1. The summed E-state index contributed by atoms with van der Waals surface area (Å²) in [5.74, 6) is -1.71. The Bertz CT molecular complexity index is 355. The molecule has 0 aliphatic carbocycles. The van der Waals surface area contributed by atoms with E-state index < -0.39 is 11.6 Å². The van der Waals surface area contributed by atoms with E-state index in [1.54, 1.807) is 0 Å². The minimum absolute atomic E-state index is 0.154. The molecule has 0 saturated heterocycles. The van der Waals surface area contributed by atoms with Crippen LogP contribution in [0.15, 0.2) is 18.2 Å². The van der Waals surface area contributed by atoms with Gasteiger partial charge in [-0.05, 0) is 26.0 Å². The lowest BCUT2D eigenvalue weighted by Gasteiger charge is -2.17. The molecule has 5 heteroatoms. The van der Waals surface area contributed by atoms with Gasteiger partial charge in [0.2, 0.25) is 0 Å². The molecule has 1 aromatic carbocycles. The molecule has 1 rings (SSSR count). The monoisotopic (exact) mass is 259 g/mol. The summed E-state index contributed by atoms with van der Waals surface area (Å²) in [5, 5.41) is 2.83. The molecule has 0 unspecified atom stereocenters. The van der Waals surface area contributed by atoms with Crippen molar-refractivity contribution in [3.63, 3.8) is 0 Å². The Morgan fingerprint density at radius 3 is 2.44 bits per heavy atom. The van der Waals surface area contributed by atoms with Crippen LogP contribution in [0.2, 0.25) is 0 Å². The van der Waals surface area contributed by atoms with E-state index in [1.807, 2.05) is 13.8 Å². The highest BCUT2D eigenvalue weighted by molar-refractivity contribution is 5.44. The van der Waals surface area contributed by atoms with Gasteiger partial charge in [-0.3, -0.25) is 0 Å². The maximum atomic E-state index is 13.3. The average Bonchev–Trinajstić information content (AvgIpc) is 2.35. The lowest BCUT2D eigenvalue weighted by Crippen LogP contribution is -2.21. The molecule has 0 bridgehead atoms. The van der Waals surface area contributed by atoms with E-state index in [2.05, 4.69) is 5.32 Å². The van der Waals surface area contributed by atoms with Gasteiger partial charge in [0.25, 0.3) is 0 Å². The third-order valence-corrected chi connectivity index (χ3v) is 2.35. The van der Waals surface area contributed by atoms with Crippen LogP contribution in [0, 0.1) is 11.6 Å². The molecular formula is C13H19F2NO2. The summed E-state index contributed by atoms with van der Waals surface area (Å²) in [4.78, 5) is 0. The fourth-order valence-electron chi connectivity index (χ4n) is 1.55. The number of hydrogen-bond acceptors (Lipinski definition) is 3. The van der Waals surface area contributed by atoms with Gasteiger partial charge in [-0.1, -0.05) is 6.07 Å². The van der Waals surface area contributed by atoms with Gasteiger partial charge in [0.15, 0.2) is 17.9 Å². The largest absolute Gasteiger partial charge is 0.382 e. The lowest BCUT2D eigenvalue weighted by molar-refractivity contribution is -0.137. The SMILES string of the molecule is CCOC(CCNc1cccc(F)c1F)OCC. The zero-order valence-corrected chi connectivity index (χ0v) is 10.7. The first-order chi connectivity index (χ1) is 8.69. The standard InChI is InChI=1S/C13H19F2NO2/c1-3-17-12(18-4-2)8-9-16-11-7-5-6-10(14)13(11)15/h5-7,12,16H,3-4,8-9H2,1-2H3.